The molecule has 164 valence electrons. The lowest BCUT2D eigenvalue weighted by Crippen LogP contribution is -2.48. The molecule has 1 aliphatic heterocycles. The van der Waals surface area contributed by atoms with Crippen LogP contribution in [0, 0.1) is 5.92 Å². The zero-order valence-electron chi connectivity index (χ0n) is 18.5. The number of fused-ring (bicyclic) bond motifs is 1. The Morgan fingerprint density at radius 2 is 2.10 bits per heavy atom. The fourth-order valence-corrected chi connectivity index (χ4v) is 4.11. The largest absolute Gasteiger partial charge is 0.374 e. The topological polar surface area (TPSA) is 72.3 Å². The Labute approximate surface area is 183 Å². The van der Waals surface area contributed by atoms with E-state index in [1.807, 2.05) is 48.0 Å². The fraction of sp³-hybridized carbons (Fsp3) is 0.458. The quantitative estimate of drug-likeness (QED) is 0.634. The van der Waals surface area contributed by atoms with Gasteiger partial charge in [0.2, 0.25) is 0 Å². The van der Waals surface area contributed by atoms with Crippen LogP contribution >= 0.6 is 0 Å². The van der Waals surface area contributed by atoms with Crippen LogP contribution in [0.15, 0.2) is 42.6 Å². The van der Waals surface area contributed by atoms with E-state index in [1.54, 1.807) is 6.20 Å². The number of hydrogen-bond donors (Lipinski definition) is 1. The number of morpholine rings is 1. The number of ether oxygens (including phenoxy) is 1. The van der Waals surface area contributed by atoms with E-state index in [4.69, 9.17) is 9.72 Å². The number of carbonyl (C=O) groups is 1. The molecule has 0 saturated carbocycles. The highest BCUT2D eigenvalue weighted by Crippen LogP contribution is 2.25. The van der Waals surface area contributed by atoms with Crippen LogP contribution in [0.4, 0.5) is 0 Å². The Balaban J connectivity index is 1.55. The highest BCUT2D eigenvalue weighted by Gasteiger charge is 2.23. The standard InChI is InChI=1S/C24H31N5O2/c1-4-29-23-21(14-26-29)20(12-22(27-23)18-8-6-5-7-9-18)24(30)25-13-19-16-28(10-11-31-19)15-17(2)3/h5-9,12,14,17,19H,4,10-11,13,15-16H2,1-3H3,(H,25,30). The SMILES string of the molecule is CCn1ncc2c(C(=O)NCC3CN(CC(C)C)CCO3)cc(-c3ccccc3)nc21. The molecule has 31 heavy (non-hydrogen) atoms. The second-order valence-electron chi connectivity index (χ2n) is 8.47. The molecule has 0 bridgehead atoms. The van der Waals surface area contributed by atoms with Gasteiger partial charge in [0.25, 0.3) is 5.91 Å². The van der Waals surface area contributed by atoms with Crippen LogP contribution in [0.1, 0.15) is 31.1 Å². The molecule has 7 nitrogen and oxygen atoms in total. The van der Waals surface area contributed by atoms with Crippen molar-refractivity contribution in [2.75, 3.05) is 32.8 Å². The number of aryl methyl sites for hydroxylation is 1. The van der Waals surface area contributed by atoms with Crippen molar-refractivity contribution in [3.8, 4) is 11.3 Å². The molecule has 1 unspecified atom stereocenters. The summed E-state index contributed by atoms with van der Waals surface area (Å²) < 4.78 is 7.72. The molecular formula is C24H31N5O2. The molecule has 1 fully saturated rings. The summed E-state index contributed by atoms with van der Waals surface area (Å²) in [6.45, 7) is 11.2. The number of hydrogen-bond acceptors (Lipinski definition) is 5. The lowest BCUT2D eigenvalue weighted by Gasteiger charge is -2.34. The average molecular weight is 422 g/mol. The van der Waals surface area contributed by atoms with E-state index in [-0.39, 0.29) is 12.0 Å². The summed E-state index contributed by atoms with van der Waals surface area (Å²) in [6, 6.07) is 11.8. The van der Waals surface area contributed by atoms with E-state index < -0.39 is 0 Å². The highest BCUT2D eigenvalue weighted by molar-refractivity contribution is 6.06. The van der Waals surface area contributed by atoms with E-state index in [1.165, 1.54) is 0 Å². The monoisotopic (exact) mass is 421 g/mol. The van der Waals surface area contributed by atoms with Crippen molar-refractivity contribution < 1.29 is 9.53 Å². The van der Waals surface area contributed by atoms with Gasteiger partial charge in [-0.15, -0.1) is 0 Å². The van der Waals surface area contributed by atoms with Crippen molar-refractivity contribution in [1.29, 1.82) is 0 Å². The summed E-state index contributed by atoms with van der Waals surface area (Å²) in [6.07, 6.45) is 1.73. The number of carbonyl (C=O) groups excluding carboxylic acids is 1. The van der Waals surface area contributed by atoms with E-state index in [0.29, 0.717) is 31.2 Å². The van der Waals surface area contributed by atoms with E-state index in [2.05, 4.69) is 29.2 Å². The molecule has 2 aromatic heterocycles. The molecule has 0 radical (unpaired) electrons. The number of pyridine rings is 1. The van der Waals surface area contributed by atoms with Crippen molar-refractivity contribution in [1.82, 2.24) is 25.0 Å². The first kappa shape index (κ1) is 21.5. The highest BCUT2D eigenvalue weighted by atomic mass is 16.5. The summed E-state index contributed by atoms with van der Waals surface area (Å²) in [4.78, 5) is 20.4. The van der Waals surface area contributed by atoms with Gasteiger partial charge in [-0.2, -0.15) is 5.10 Å². The molecule has 1 aliphatic rings. The summed E-state index contributed by atoms with van der Waals surface area (Å²) >= 11 is 0. The molecule has 1 amide bonds. The molecule has 1 atom stereocenters. The van der Waals surface area contributed by atoms with Crippen molar-refractivity contribution in [2.24, 2.45) is 5.92 Å². The number of benzene rings is 1. The Bertz CT molecular complexity index is 1030. The van der Waals surface area contributed by atoms with Crippen molar-refractivity contribution >= 4 is 16.9 Å². The Hall–Kier alpha value is -2.77. The molecule has 4 rings (SSSR count). The smallest absolute Gasteiger partial charge is 0.252 e. The van der Waals surface area contributed by atoms with Crippen LogP contribution in [-0.2, 0) is 11.3 Å². The number of rotatable bonds is 7. The molecule has 0 spiro atoms. The lowest BCUT2D eigenvalue weighted by molar-refractivity contribution is -0.0295. The fourth-order valence-electron chi connectivity index (χ4n) is 4.11. The van der Waals surface area contributed by atoms with Gasteiger partial charge in [0.1, 0.15) is 0 Å². The van der Waals surface area contributed by atoms with Crippen molar-refractivity contribution in [2.45, 2.75) is 33.4 Å². The minimum absolute atomic E-state index is 0.000682. The summed E-state index contributed by atoms with van der Waals surface area (Å²) in [7, 11) is 0. The second-order valence-corrected chi connectivity index (χ2v) is 8.47. The lowest BCUT2D eigenvalue weighted by atomic mass is 10.1. The molecule has 0 aliphatic carbocycles. The third-order valence-electron chi connectivity index (χ3n) is 5.56. The van der Waals surface area contributed by atoms with E-state index >= 15 is 0 Å². The number of amides is 1. The van der Waals surface area contributed by atoms with Crippen LogP contribution in [0.5, 0.6) is 0 Å². The second kappa shape index (κ2) is 9.58. The molecule has 1 N–H and O–H groups in total. The van der Waals surface area contributed by atoms with Gasteiger partial charge in [-0.25, -0.2) is 9.67 Å². The zero-order valence-corrected chi connectivity index (χ0v) is 18.5. The Morgan fingerprint density at radius 3 is 2.84 bits per heavy atom. The van der Waals surface area contributed by atoms with Gasteiger partial charge in [-0.1, -0.05) is 44.2 Å². The third-order valence-corrected chi connectivity index (χ3v) is 5.56. The normalized spacial score (nSPS) is 17.4. The summed E-state index contributed by atoms with van der Waals surface area (Å²) in [5, 5.41) is 8.28. The van der Waals surface area contributed by atoms with Gasteiger partial charge >= 0.3 is 0 Å². The molecule has 1 aromatic carbocycles. The first-order valence-corrected chi connectivity index (χ1v) is 11.1. The number of aromatic nitrogens is 3. The van der Waals surface area contributed by atoms with Crippen molar-refractivity contribution in [3.63, 3.8) is 0 Å². The first-order valence-electron chi connectivity index (χ1n) is 11.1. The van der Waals surface area contributed by atoms with E-state index in [0.717, 1.165) is 41.9 Å². The zero-order chi connectivity index (χ0) is 21.8. The third kappa shape index (κ3) is 4.94. The molecular weight excluding hydrogens is 390 g/mol. The van der Waals surface area contributed by atoms with Crippen LogP contribution in [0.2, 0.25) is 0 Å². The summed E-state index contributed by atoms with van der Waals surface area (Å²) in [5.41, 5.74) is 3.07. The van der Waals surface area contributed by atoms with Crippen LogP contribution in [0.25, 0.3) is 22.3 Å². The molecule has 1 saturated heterocycles. The van der Waals surface area contributed by atoms with Gasteiger partial charge < -0.3 is 10.1 Å². The van der Waals surface area contributed by atoms with Gasteiger partial charge in [0.05, 0.1) is 35.6 Å². The van der Waals surface area contributed by atoms with Crippen LogP contribution in [-0.4, -0.2) is 64.5 Å². The van der Waals surface area contributed by atoms with Gasteiger partial charge in [-0.05, 0) is 18.9 Å². The van der Waals surface area contributed by atoms with Crippen molar-refractivity contribution in [3.05, 3.63) is 48.2 Å². The van der Waals surface area contributed by atoms with Crippen LogP contribution < -0.4 is 5.32 Å². The minimum Gasteiger partial charge on any atom is -0.374 e. The van der Waals surface area contributed by atoms with E-state index in [9.17, 15) is 4.79 Å². The summed E-state index contributed by atoms with van der Waals surface area (Å²) in [5.74, 6) is 0.495. The predicted molar refractivity (Wildman–Crippen MR) is 122 cm³/mol. The number of nitrogens with one attached hydrogen (secondary N) is 1. The first-order chi connectivity index (χ1) is 15.0. The Morgan fingerprint density at radius 1 is 1.29 bits per heavy atom. The van der Waals surface area contributed by atoms with Gasteiger partial charge in [0, 0.05) is 38.3 Å². The minimum atomic E-state index is -0.121. The van der Waals surface area contributed by atoms with Crippen LogP contribution in [0.3, 0.4) is 0 Å². The Kier molecular flexibility index (Phi) is 6.63. The number of nitrogens with zero attached hydrogens (tertiary/aromatic N) is 4. The maximum Gasteiger partial charge on any atom is 0.252 e. The molecule has 7 heteroatoms. The van der Waals surface area contributed by atoms with Gasteiger partial charge in [-0.3, -0.25) is 9.69 Å². The predicted octanol–water partition coefficient (Wildman–Crippen LogP) is 3.20. The molecule has 3 heterocycles. The van der Waals surface area contributed by atoms with Gasteiger partial charge in [0.15, 0.2) is 5.65 Å². The average Bonchev–Trinajstić information content (AvgIpc) is 3.20. The maximum atomic E-state index is 13.2. The maximum absolute atomic E-state index is 13.2. The molecule has 3 aromatic rings.